The van der Waals surface area contributed by atoms with Gasteiger partial charge in [-0.1, -0.05) is 13.5 Å². The van der Waals surface area contributed by atoms with Crippen LogP contribution >= 0.6 is 0 Å². The lowest BCUT2D eigenvalue weighted by atomic mass is 9.71. The van der Waals surface area contributed by atoms with E-state index in [9.17, 15) is 9.90 Å². The zero-order chi connectivity index (χ0) is 19.3. The second kappa shape index (κ2) is 6.63. The molecule has 2 saturated carbocycles. The van der Waals surface area contributed by atoms with E-state index in [0.717, 1.165) is 50.5 Å². The highest BCUT2D eigenvalue weighted by Crippen LogP contribution is 2.62. The maximum atomic E-state index is 11.4. The minimum absolute atomic E-state index is 0.0112. The monoisotopic (exact) mass is 364 g/mol. The summed E-state index contributed by atoms with van der Waals surface area (Å²) >= 11 is 0. The molecular weight excluding hydrogens is 328 g/mol. The van der Waals surface area contributed by atoms with Crippen LogP contribution in [-0.2, 0) is 14.3 Å². The number of carbonyl (C=O) groups excluding carboxylic acids is 1. The highest BCUT2D eigenvalue weighted by molar-refractivity contribution is 5.66. The third-order valence-corrected chi connectivity index (χ3v) is 7.46. The minimum atomic E-state index is -0.597. The molecule has 3 rings (SSSR count). The normalized spacial score (nSPS) is 45.7. The molecular formula is C22H36O4. The minimum Gasteiger partial charge on any atom is -0.458 e. The SMILES string of the molecule is C=C(C)[C@@H](CC[C@@]1(C)CC[C@]2(C)O[C@H]2CC[C@](C)(O)[C@H]2C[C@@H]21)OC(C)=O. The number of fused-ring (bicyclic) bond motifs is 2. The molecule has 1 heterocycles. The van der Waals surface area contributed by atoms with Crippen LogP contribution in [0, 0.1) is 17.3 Å². The van der Waals surface area contributed by atoms with Gasteiger partial charge < -0.3 is 14.6 Å². The maximum absolute atomic E-state index is 11.4. The lowest BCUT2D eigenvalue weighted by Crippen LogP contribution is -2.34. The molecule has 2 aliphatic carbocycles. The van der Waals surface area contributed by atoms with Crippen molar-refractivity contribution in [3.63, 3.8) is 0 Å². The van der Waals surface area contributed by atoms with E-state index < -0.39 is 5.60 Å². The fourth-order valence-corrected chi connectivity index (χ4v) is 5.23. The van der Waals surface area contributed by atoms with Crippen LogP contribution in [0.4, 0.5) is 0 Å². The summed E-state index contributed by atoms with van der Waals surface area (Å²) in [6.07, 6.45) is 6.95. The first-order chi connectivity index (χ1) is 12.0. The van der Waals surface area contributed by atoms with Gasteiger partial charge in [0.05, 0.1) is 17.3 Å². The predicted octanol–water partition coefficient (Wildman–Crippen LogP) is 4.40. The van der Waals surface area contributed by atoms with Gasteiger partial charge in [-0.25, -0.2) is 0 Å². The Balaban J connectivity index is 1.72. The molecule has 1 N–H and O–H groups in total. The summed E-state index contributed by atoms with van der Waals surface area (Å²) < 4.78 is 11.5. The van der Waals surface area contributed by atoms with E-state index in [2.05, 4.69) is 20.4 Å². The Hall–Kier alpha value is -0.870. The number of hydrogen-bond acceptors (Lipinski definition) is 4. The smallest absolute Gasteiger partial charge is 0.303 e. The van der Waals surface area contributed by atoms with Crippen LogP contribution in [0.25, 0.3) is 0 Å². The molecule has 1 saturated heterocycles. The van der Waals surface area contributed by atoms with E-state index in [4.69, 9.17) is 9.47 Å². The molecule has 0 spiro atoms. The quantitative estimate of drug-likeness (QED) is 0.446. The highest BCUT2D eigenvalue weighted by atomic mass is 16.6. The number of rotatable bonds is 5. The Morgan fingerprint density at radius 2 is 1.92 bits per heavy atom. The highest BCUT2D eigenvalue weighted by Gasteiger charge is 2.60. The fraction of sp³-hybridized carbons (Fsp3) is 0.864. The van der Waals surface area contributed by atoms with Crippen LogP contribution in [0.2, 0.25) is 0 Å². The molecule has 0 radical (unpaired) electrons. The molecule has 0 aromatic carbocycles. The van der Waals surface area contributed by atoms with Gasteiger partial charge in [-0.15, -0.1) is 0 Å². The average molecular weight is 365 g/mol. The van der Waals surface area contributed by atoms with Crippen LogP contribution in [0.3, 0.4) is 0 Å². The van der Waals surface area contributed by atoms with Crippen molar-refractivity contribution in [2.24, 2.45) is 17.3 Å². The van der Waals surface area contributed by atoms with Crippen molar-refractivity contribution in [3.05, 3.63) is 12.2 Å². The molecule has 7 atom stereocenters. The fourth-order valence-electron chi connectivity index (χ4n) is 5.23. The second-order valence-corrected chi connectivity index (χ2v) is 9.90. The number of carbonyl (C=O) groups is 1. The molecule has 0 aromatic rings. The van der Waals surface area contributed by atoms with E-state index in [1.807, 2.05) is 13.8 Å². The Bertz CT molecular complexity index is 583. The Morgan fingerprint density at radius 1 is 1.23 bits per heavy atom. The molecule has 148 valence electrons. The van der Waals surface area contributed by atoms with Crippen LogP contribution in [0.1, 0.15) is 79.6 Å². The molecule has 0 aromatic heterocycles. The summed E-state index contributed by atoms with van der Waals surface area (Å²) in [4.78, 5) is 11.4. The molecule has 0 amide bonds. The summed E-state index contributed by atoms with van der Waals surface area (Å²) in [5.74, 6) is 0.676. The Morgan fingerprint density at radius 3 is 2.54 bits per heavy atom. The van der Waals surface area contributed by atoms with Crippen molar-refractivity contribution in [2.75, 3.05) is 0 Å². The zero-order valence-electron chi connectivity index (χ0n) is 17.1. The first-order valence-corrected chi connectivity index (χ1v) is 10.2. The van der Waals surface area contributed by atoms with Crippen molar-refractivity contribution in [3.8, 4) is 0 Å². The summed E-state index contributed by atoms with van der Waals surface area (Å²) in [7, 11) is 0. The molecule has 3 fully saturated rings. The third-order valence-electron chi connectivity index (χ3n) is 7.46. The zero-order valence-corrected chi connectivity index (χ0v) is 17.1. The lowest BCUT2D eigenvalue weighted by molar-refractivity contribution is -0.145. The van der Waals surface area contributed by atoms with Crippen LogP contribution in [-0.4, -0.2) is 34.5 Å². The summed E-state index contributed by atoms with van der Waals surface area (Å²) in [5, 5.41) is 11.0. The summed E-state index contributed by atoms with van der Waals surface area (Å²) in [6, 6.07) is 0. The van der Waals surface area contributed by atoms with E-state index in [-0.39, 0.29) is 23.1 Å². The van der Waals surface area contributed by atoms with Crippen LogP contribution in [0.15, 0.2) is 12.2 Å². The van der Waals surface area contributed by atoms with Crippen molar-refractivity contribution >= 4 is 5.97 Å². The van der Waals surface area contributed by atoms with Gasteiger partial charge in [0.2, 0.25) is 0 Å². The Labute approximate surface area is 158 Å². The number of aliphatic hydroxyl groups is 1. The van der Waals surface area contributed by atoms with E-state index in [1.54, 1.807) is 0 Å². The summed E-state index contributed by atoms with van der Waals surface area (Å²) in [5.41, 5.74) is 0.433. The molecule has 0 unspecified atom stereocenters. The van der Waals surface area contributed by atoms with Crippen LogP contribution in [0.5, 0.6) is 0 Å². The van der Waals surface area contributed by atoms with Gasteiger partial charge >= 0.3 is 5.97 Å². The van der Waals surface area contributed by atoms with Gasteiger partial charge in [0, 0.05) is 6.92 Å². The van der Waals surface area contributed by atoms with Crippen LogP contribution < -0.4 is 0 Å². The van der Waals surface area contributed by atoms with E-state index in [0.29, 0.717) is 17.9 Å². The molecule has 4 nitrogen and oxygen atoms in total. The molecule has 4 heteroatoms. The lowest BCUT2D eigenvalue weighted by Gasteiger charge is -2.36. The van der Waals surface area contributed by atoms with E-state index >= 15 is 0 Å². The largest absolute Gasteiger partial charge is 0.458 e. The predicted molar refractivity (Wildman–Crippen MR) is 102 cm³/mol. The Kier molecular flexibility index (Phi) is 5.07. The number of ether oxygens (including phenoxy) is 2. The van der Waals surface area contributed by atoms with Crippen molar-refractivity contribution < 1.29 is 19.4 Å². The number of esters is 1. The molecule has 26 heavy (non-hydrogen) atoms. The average Bonchev–Trinajstić information content (AvgIpc) is 3.42. The number of hydrogen-bond donors (Lipinski definition) is 1. The second-order valence-electron chi connectivity index (χ2n) is 9.90. The first kappa shape index (κ1) is 19.9. The van der Waals surface area contributed by atoms with Gasteiger partial charge in [0.1, 0.15) is 6.10 Å². The van der Waals surface area contributed by atoms with Gasteiger partial charge in [-0.05, 0) is 88.5 Å². The molecule has 1 aliphatic heterocycles. The summed E-state index contributed by atoms with van der Waals surface area (Å²) in [6.45, 7) is 14.0. The molecule has 0 bridgehead atoms. The maximum Gasteiger partial charge on any atom is 0.303 e. The third kappa shape index (κ3) is 4.01. The van der Waals surface area contributed by atoms with Gasteiger partial charge in [-0.3, -0.25) is 4.79 Å². The van der Waals surface area contributed by atoms with Gasteiger partial charge in [-0.2, -0.15) is 0 Å². The van der Waals surface area contributed by atoms with E-state index in [1.165, 1.54) is 6.92 Å². The van der Waals surface area contributed by atoms with Gasteiger partial charge in [0.25, 0.3) is 0 Å². The topological polar surface area (TPSA) is 59.1 Å². The van der Waals surface area contributed by atoms with Gasteiger partial charge in [0.15, 0.2) is 0 Å². The van der Waals surface area contributed by atoms with Crippen molar-refractivity contribution in [1.29, 1.82) is 0 Å². The number of epoxide rings is 1. The standard InChI is InChI=1S/C22H36O4/c1-14(2)18(25-15(3)23)7-9-20(4)11-12-22(6)19(26-22)8-10-21(5,24)17-13-16(17)20/h16-19,24H,1,7-13H2,2-6H3/t16-,17-,18+,19-,20-,21-,22-/m0/s1. The molecule has 3 aliphatic rings. The first-order valence-electron chi connectivity index (χ1n) is 10.2. The van der Waals surface area contributed by atoms with Crippen molar-refractivity contribution in [2.45, 2.75) is 103 Å². The van der Waals surface area contributed by atoms with Crippen molar-refractivity contribution in [1.82, 2.24) is 0 Å².